The number of hydrogen-bond acceptors (Lipinski definition) is 5. The average molecular weight is 389 g/mol. The molecule has 1 aromatic rings. The van der Waals surface area contributed by atoms with E-state index in [0.717, 1.165) is 0 Å². The lowest BCUT2D eigenvalue weighted by molar-refractivity contribution is -0.253. The van der Waals surface area contributed by atoms with Crippen molar-refractivity contribution in [1.82, 2.24) is 4.90 Å². The van der Waals surface area contributed by atoms with Crippen LogP contribution in [0.25, 0.3) is 0 Å². The van der Waals surface area contributed by atoms with Crippen LogP contribution < -0.4 is 0 Å². The molecular weight excluding hydrogens is 367 g/mol. The quantitative estimate of drug-likeness (QED) is 0.805. The summed E-state index contributed by atoms with van der Waals surface area (Å²) in [6.07, 6.45) is -7.14. The summed E-state index contributed by atoms with van der Waals surface area (Å²) < 4.78 is 49.8. The Morgan fingerprint density at radius 2 is 1.81 bits per heavy atom. The fraction of sp³-hybridized carbons (Fsp3) is 0.556. The molecule has 150 valence electrons. The van der Waals surface area contributed by atoms with Gasteiger partial charge < -0.3 is 14.6 Å². The van der Waals surface area contributed by atoms with Gasteiger partial charge in [0.15, 0.2) is 5.60 Å². The number of likely N-dealkylation sites (tertiary alicyclic amines) is 1. The topological polar surface area (TPSA) is 76.1 Å². The number of carbonyl (C=O) groups excluding carboxylic acids is 2. The zero-order chi connectivity index (χ0) is 20.5. The van der Waals surface area contributed by atoms with E-state index in [2.05, 4.69) is 0 Å². The summed E-state index contributed by atoms with van der Waals surface area (Å²) in [5.41, 5.74) is -3.55. The van der Waals surface area contributed by atoms with Gasteiger partial charge in [0.2, 0.25) is 0 Å². The van der Waals surface area contributed by atoms with Crippen LogP contribution in [0, 0.1) is 0 Å². The number of hydrogen-bond donors (Lipinski definition) is 1. The number of amides is 1. The Labute approximate surface area is 154 Å². The Kier molecular flexibility index (Phi) is 5.74. The van der Waals surface area contributed by atoms with Crippen LogP contribution in [0.5, 0.6) is 0 Å². The number of β-amino-alcohol motifs (C(OH)–C–C–N with tert-alkyl or cyclic N) is 1. The van der Waals surface area contributed by atoms with E-state index in [9.17, 15) is 27.9 Å². The third kappa shape index (κ3) is 5.12. The van der Waals surface area contributed by atoms with Crippen LogP contribution in [0.15, 0.2) is 30.3 Å². The molecule has 0 saturated carbocycles. The minimum Gasteiger partial charge on any atom is -0.459 e. The van der Waals surface area contributed by atoms with Crippen molar-refractivity contribution in [1.29, 1.82) is 0 Å². The molecule has 0 radical (unpaired) electrons. The molecule has 1 N–H and O–H groups in total. The molecule has 0 unspecified atom stereocenters. The molecule has 1 aromatic carbocycles. The Balaban J connectivity index is 2.18. The zero-order valence-electron chi connectivity index (χ0n) is 15.2. The van der Waals surface area contributed by atoms with Crippen LogP contribution in [0.4, 0.5) is 18.0 Å². The maximum Gasteiger partial charge on any atom is 0.419 e. The number of rotatable bonds is 3. The summed E-state index contributed by atoms with van der Waals surface area (Å²) in [4.78, 5) is 25.2. The second kappa shape index (κ2) is 7.38. The Morgan fingerprint density at radius 3 is 2.33 bits per heavy atom. The van der Waals surface area contributed by atoms with Gasteiger partial charge >= 0.3 is 18.2 Å². The lowest BCUT2D eigenvalue weighted by Crippen LogP contribution is -2.48. The van der Waals surface area contributed by atoms with Crippen LogP contribution in [-0.4, -0.2) is 52.0 Å². The molecule has 1 saturated heterocycles. The van der Waals surface area contributed by atoms with Crippen LogP contribution in [0.3, 0.4) is 0 Å². The molecule has 1 aliphatic heterocycles. The molecule has 9 heteroatoms. The molecule has 6 nitrogen and oxygen atoms in total. The fourth-order valence-corrected chi connectivity index (χ4v) is 2.64. The number of alkyl halides is 3. The first-order chi connectivity index (χ1) is 12.3. The van der Waals surface area contributed by atoms with E-state index < -0.39 is 48.4 Å². The third-order valence-corrected chi connectivity index (χ3v) is 3.99. The molecule has 1 fully saturated rings. The first kappa shape index (κ1) is 21.0. The molecule has 1 aliphatic rings. The highest BCUT2D eigenvalue weighted by molar-refractivity contribution is 5.82. The van der Waals surface area contributed by atoms with Gasteiger partial charge in [-0.1, -0.05) is 30.3 Å². The molecule has 0 bridgehead atoms. The smallest absolute Gasteiger partial charge is 0.419 e. The van der Waals surface area contributed by atoms with E-state index >= 15 is 0 Å². The summed E-state index contributed by atoms with van der Waals surface area (Å²) in [6, 6.07) is 6.95. The van der Waals surface area contributed by atoms with Crippen molar-refractivity contribution in [3.8, 4) is 0 Å². The minimum atomic E-state index is -5.01. The molecule has 0 aliphatic carbocycles. The molecule has 2 atom stereocenters. The summed E-state index contributed by atoms with van der Waals surface area (Å²) in [6.45, 7) is 3.36. The molecule has 0 aromatic heterocycles. The zero-order valence-corrected chi connectivity index (χ0v) is 15.2. The summed E-state index contributed by atoms with van der Waals surface area (Å²) in [5.74, 6) is -1.04. The van der Waals surface area contributed by atoms with Crippen molar-refractivity contribution >= 4 is 12.1 Å². The largest absolute Gasteiger partial charge is 0.459 e. The van der Waals surface area contributed by atoms with Crippen LogP contribution in [0.2, 0.25) is 0 Å². The van der Waals surface area contributed by atoms with Crippen molar-refractivity contribution in [2.75, 3.05) is 6.54 Å². The molecule has 2 rings (SSSR count). The van der Waals surface area contributed by atoms with Crippen molar-refractivity contribution in [3.05, 3.63) is 35.9 Å². The first-order valence-electron chi connectivity index (χ1n) is 8.32. The van der Waals surface area contributed by atoms with Crippen molar-refractivity contribution in [3.63, 3.8) is 0 Å². The van der Waals surface area contributed by atoms with Gasteiger partial charge in [-0.15, -0.1) is 0 Å². The number of carbonyl (C=O) groups is 2. The predicted molar refractivity (Wildman–Crippen MR) is 88.6 cm³/mol. The van der Waals surface area contributed by atoms with E-state index in [4.69, 9.17) is 9.47 Å². The Hall–Kier alpha value is -2.29. The van der Waals surface area contributed by atoms with Crippen LogP contribution in [0.1, 0.15) is 32.8 Å². The molecule has 1 amide bonds. The van der Waals surface area contributed by atoms with Gasteiger partial charge in [-0.25, -0.2) is 9.59 Å². The number of halogens is 3. The second-order valence-electron chi connectivity index (χ2n) is 7.45. The highest BCUT2D eigenvalue weighted by atomic mass is 19.4. The van der Waals surface area contributed by atoms with Gasteiger partial charge in [-0.3, -0.25) is 4.90 Å². The SMILES string of the molecule is CC(C)(C)OC(=O)N1C[C@](O)(C(F)(F)F)C[C@H]1C(=O)OCc1ccccc1. The van der Waals surface area contributed by atoms with E-state index in [1.165, 1.54) is 0 Å². The predicted octanol–water partition coefficient (Wildman–Crippen LogP) is 3.03. The number of nitrogens with zero attached hydrogens (tertiary/aromatic N) is 1. The van der Waals surface area contributed by atoms with E-state index in [0.29, 0.717) is 10.5 Å². The minimum absolute atomic E-state index is 0.164. The molecule has 1 heterocycles. The van der Waals surface area contributed by atoms with E-state index in [1.54, 1.807) is 51.1 Å². The van der Waals surface area contributed by atoms with E-state index in [-0.39, 0.29) is 6.61 Å². The molecule has 27 heavy (non-hydrogen) atoms. The molecular formula is C18H22F3NO5. The highest BCUT2D eigenvalue weighted by Gasteiger charge is 2.63. The van der Waals surface area contributed by atoms with Gasteiger partial charge in [0.25, 0.3) is 0 Å². The number of benzene rings is 1. The van der Waals surface area contributed by atoms with Crippen molar-refractivity contribution in [2.45, 2.75) is 57.2 Å². The van der Waals surface area contributed by atoms with Gasteiger partial charge in [-0.05, 0) is 26.3 Å². The van der Waals surface area contributed by atoms with Gasteiger partial charge in [0, 0.05) is 6.42 Å². The monoisotopic (exact) mass is 389 g/mol. The van der Waals surface area contributed by atoms with E-state index in [1.807, 2.05) is 0 Å². The van der Waals surface area contributed by atoms with Gasteiger partial charge in [0.05, 0.1) is 6.54 Å². The summed E-state index contributed by atoms with van der Waals surface area (Å²) in [5, 5.41) is 9.97. The standard InChI is InChI=1S/C18H22F3NO5/c1-16(2,3)27-15(24)22-11-17(25,18(19,20)21)9-13(22)14(23)26-10-12-7-5-4-6-8-12/h4-8,13,25H,9-11H2,1-3H3/t13-,17-/m0/s1. The Morgan fingerprint density at radius 1 is 1.22 bits per heavy atom. The number of ether oxygens (including phenoxy) is 2. The van der Waals surface area contributed by atoms with Crippen LogP contribution >= 0.6 is 0 Å². The normalized spacial score (nSPS) is 23.2. The average Bonchev–Trinajstić information content (AvgIpc) is 2.91. The van der Waals surface area contributed by atoms with Gasteiger partial charge in [-0.2, -0.15) is 13.2 Å². The summed E-state index contributed by atoms with van der Waals surface area (Å²) in [7, 11) is 0. The Bertz CT molecular complexity index is 686. The summed E-state index contributed by atoms with van der Waals surface area (Å²) >= 11 is 0. The lowest BCUT2D eigenvalue weighted by atomic mass is 10.00. The van der Waals surface area contributed by atoms with Gasteiger partial charge in [0.1, 0.15) is 18.2 Å². The fourth-order valence-electron chi connectivity index (χ4n) is 2.64. The number of esters is 1. The third-order valence-electron chi connectivity index (χ3n) is 3.99. The van der Waals surface area contributed by atoms with Crippen molar-refractivity contribution < 1.29 is 37.3 Å². The van der Waals surface area contributed by atoms with Crippen LogP contribution in [-0.2, 0) is 20.9 Å². The molecule has 0 spiro atoms. The lowest BCUT2D eigenvalue weighted by Gasteiger charge is -2.28. The number of aliphatic hydroxyl groups is 1. The second-order valence-corrected chi connectivity index (χ2v) is 7.45. The maximum atomic E-state index is 13.2. The highest BCUT2D eigenvalue weighted by Crippen LogP contribution is 2.41. The first-order valence-corrected chi connectivity index (χ1v) is 8.32. The van der Waals surface area contributed by atoms with Crippen molar-refractivity contribution in [2.24, 2.45) is 0 Å². The maximum absolute atomic E-state index is 13.2.